The highest BCUT2D eigenvalue weighted by Crippen LogP contribution is 2.58. The van der Waals surface area contributed by atoms with Crippen LogP contribution in [0.2, 0.25) is 0 Å². The Hall–Kier alpha value is -5.68. The molecular weight excluding hydrogens is 932 g/mol. The number of imidazole rings is 1. The Morgan fingerprint density at radius 1 is 0.725 bits per heavy atom. The number of methoxy groups -OCH3 is 3. The van der Waals surface area contributed by atoms with E-state index < -0.39 is 37.6 Å². The molecule has 2 saturated heterocycles. The van der Waals surface area contributed by atoms with Gasteiger partial charge < -0.3 is 33.5 Å². The lowest BCUT2D eigenvalue weighted by molar-refractivity contribution is -0.0930. The summed E-state index contributed by atoms with van der Waals surface area (Å²) in [6, 6.07) is 44.2. The van der Waals surface area contributed by atoms with E-state index in [0.717, 1.165) is 42.6 Å². The minimum absolute atomic E-state index is 0.0427. The van der Waals surface area contributed by atoms with Crippen LogP contribution in [0.3, 0.4) is 0 Å². The van der Waals surface area contributed by atoms with Crippen LogP contribution in [0.1, 0.15) is 56.5 Å². The fourth-order valence-electron chi connectivity index (χ4n) is 8.68. The van der Waals surface area contributed by atoms with Crippen molar-refractivity contribution in [1.29, 1.82) is 0 Å². The van der Waals surface area contributed by atoms with Gasteiger partial charge in [0.25, 0.3) is 5.91 Å². The molecule has 0 saturated carbocycles. The topological polar surface area (TPSA) is 148 Å². The number of thioether (sulfide) groups is 1. The first-order valence-corrected chi connectivity index (χ1v) is 26.5. The Labute approximate surface area is 411 Å². The molecule has 356 valence electrons. The molecular formula is C52H53N6O8PS2. The molecule has 69 heavy (non-hydrogen) atoms. The quantitative estimate of drug-likeness (QED) is 0.0439. The lowest BCUT2D eigenvalue weighted by atomic mass is 9.80. The van der Waals surface area contributed by atoms with Crippen molar-refractivity contribution in [3.63, 3.8) is 0 Å². The molecule has 5 atom stereocenters. The zero-order chi connectivity index (χ0) is 47.6. The molecule has 0 radical (unpaired) electrons. The van der Waals surface area contributed by atoms with Gasteiger partial charge in [0.2, 0.25) is 5.12 Å². The lowest BCUT2D eigenvalue weighted by Crippen LogP contribution is -2.41. The summed E-state index contributed by atoms with van der Waals surface area (Å²) < 4.78 is 43.9. The minimum atomic E-state index is -1.26. The number of fused-ring (bicyclic) bond motifs is 1. The molecule has 1 N–H and O–H groups in total. The molecule has 0 bridgehead atoms. The van der Waals surface area contributed by atoms with Gasteiger partial charge in [0.1, 0.15) is 41.7 Å². The van der Waals surface area contributed by atoms with Gasteiger partial charge in [0, 0.05) is 42.8 Å². The van der Waals surface area contributed by atoms with Crippen LogP contribution in [-0.4, -0.2) is 106 Å². The molecule has 2 aliphatic rings. The van der Waals surface area contributed by atoms with E-state index in [0.29, 0.717) is 45.3 Å². The molecule has 7 aromatic rings. The molecule has 0 aliphatic carbocycles. The number of amides is 1. The zero-order valence-electron chi connectivity index (χ0n) is 38.5. The summed E-state index contributed by atoms with van der Waals surface area (Å²) in [6.07, 6.45) is 2.32. The molecule has 2 aliphatic heterocycles. The third-order valence-electron chi connectivity index (χ3n) is 12.1. The summed E-state index contributed by atoms with van der Waals surface area (Å²) in [6.45, 7) is 1.83. The summed E-state index contributed by atoms with van der Waals surface area (Å²) in [5.74, 6) is 2.66. The Morgan fingerprint density at radius 3 is 1.93 bits per heavy atom. The monoisotopic (exact) mass is 984 g/mol. The van der Waals surface area contributed by atoms with Crippen LogP contribution in [0.4, 0.5) is 5.82 Å². The summed E-state index contributed by atoms with van der Waals surface area (Å²) in [4.78, 5) is 40.2. The Bertz CT molecular complexity index is 2730. The summed E-state index contributed by atoms with van der Waals surface area (Å²) >= 11 is 3.04. The van der Waals surface area contributed by atoms with Crippen LogP contribution in [0.5, 0.6) is 11.5 Å². The smallest absolute Gasteiger partial charge is 0.256 e. The number of nitrogens with one attached hydrogen (secondary N) is 1. The van der Waals surface area contributed by atoms with E-state index in [2.05, 4.69) is 32.1 Å². The molecule has 2 aromatic heterocycles. The van der Waals surface area contributed by atoms with E-state index in [1.165, 1.54) is 18.1 Å². The summed E-state index contributed by atoms with van der Waals surface area (Å²) in [7, 11) is 3.69. The van der Waals surface area contributed by atoms with E-state index in [1.807, 2.05) is 108 Å². The van der Waals surface area contributed by atoms with Crippen LogP contribution in [0.15, 0.2) is 152 Å². The fourth-order valence-corrected chi connectivity index (χ4v) is 14.0. The Morgan fingerprint density at radius 2 is 1.32 bits per heavy atom. The molecule has 1 unspecified atom stereocenters. The third-order valence-corrected chi connectivity index (χ3v) is 17.4. The van der Waals surface area contributed by atoms with Crippen LogP contribution >= 0.6 is 30.6 Å². The van der Waals surface area contributed by atoms with Crippen molar-refractivity contribution in [2.45, 2.75) is 43.0 Å². The summed E-state index contributed by atoms with van der Waals surface area (Å²) in [5.41, 5.74) is 3.48. The predicted molar refractivity (Wildman–Crippen MR) is 271 cm³/mol. The van der Waals surface area contributed by atoms with E-state index in [-0.39, 0.29) is 23.4 Å². The van der Waals surface area contributed by atoms with Crippen LogP contribution in [0, 0.1) is 0 Å². The highest BCUT2D eigenvalue weighted by Gasteiger charge is 2.51. The SMILES string of the molecule is COc1ccc(C(OC[C@H]2O[C@@H](n3cnc4c(NC(=O)c5ccccc5)ncnc43)[C@H](OC)[C@@H]2OP(SCCSC(=O)c2ccccc2)N2CCCC2)(c2ccccc2)c2ccc(OC)cc2)cc1. The first-order chi connectivity index (χ1) is 33.9. The highest BCUT2D eigenvalue weighted by molar-refractivity contribution is 8.53. The van der Waals surface area contributed by atoms with Crippen molar-refractivity contribution >= 4 is 58.6 Å². The van der Waals surface area contributed by atoms with Gasteiger partial charge in [-0.05, 0) is 65.9 Å². The average molecular weight is 985 g/mol. The molecule has 9 rings (SSSR count). The predicted octanol–water partition coefficient (Wildman–Crippen LogP) is 10.0. The number of nitrogens with zero attached hydrogens (tertiary/aromatic N) is 5. The maximum Gasteiger partial charge on any atom is 0.256 e. The van der Waals surface area contributed by atoms with Crippen LogP contribution < -0.4 is 14.8 Å². The third kappa shape index (κ3) is 10.7. The largest absolute Gasteiger partial charge is 0.497 e. The van der Waals surface area contributed by atoms with Gasteiger partial charge in [-0.25, -0.2) is 15.0 Å². The van der Waals surface area contributed by atoms with Crippen molar-refractivity contribution in [3.05, 3.63) is 180 Å². The minimum Gasteiger partial charge on any atom is -0.497 e. The summed E-state index contributed by atoms with van der Waals surface area (Å²) in [5, 5.41) is 2.96. The molecule has 5 aromatic carbocycles. The maximum absolute atomic E-state index is 13.3. The second kappa shape index (κ2) is 22.8. The van der Waals surface area contributed by atoms with E-state index in [4.69, 9.17) is 33.2 Å². The van der Waals surface area contributed by atoms with Crippen molar-refractivity contribution in [2.75, 3.05) is 57.8 Å². The molecule has 2 fully saturated rings. The van der Waals surface area contributed by atoms with Gasteiger partial charge >= 0.3 is 0 Å². The van der Waals surface area contributed by atoms with Crippen molar-refractivity contribution in [1.82, 2.24) is 24.2 Å². The number of hydrogen-bond acceptors (Lipinski definition) is 14. The average Bonchev–Trinajstić information content (AvgIpc) is 4.19. The van der Waals surface area contributed by atoms with Crippen LogP contribution in [-0.2, 0) is 24.3 Å². The van der Waals surface area contributed by atoms with E-state index in [9.17, 15) is 9.59 Å². The van der Waals surface area contributed by atoms with Crippen LogP contribution in [0.25, 0.3) is 11.2 Å². The number of aromatic nitrogens is 4. The lowest BCUT2D eigenvalue weighted by Gasteiger charge is -2.38. The number of carbonyl (C=O) groups is 2. The Balaban J connectivity index is 1.08. The fraction of sp³-hybridized carbons (Fsp3) is 0.288. The zero-order valence-corrected chi connectivity index (χ0v) is 41.0. The van der Waals surface area contributed by atoms with Gasteiger partial charge in [-0.3, -0.25) is 18.8 Å². The highest BCUT2D eigenvalue weighted by atomic mass is 32.7. The molecule has 4 heterocycles. The molecule has 1 amide bonds. The van der Waals surface area contributed by atoms with Crippen molar-refractivity contribution < 1.29 is 37.8 Å². The first kappa shape index (κ1) is 48.3. The maximum atomic E-state index is 13.3. The molecule has 0 spiro atoms. The second-order valence-electron chi connectivity index (χ2n) is 16.3. The molecule has 17 heteroatoms. The number of carbonyl (C=O) groups excluding carboxylic acids is 2. The first-order valence-electron chi connectivity index (χ1n) is 22.7. The number of anilines is 1. The number of rotatable bonds is 20. The van der Waals surface area contributed by atoms with E-state index >= 15 is 0 Å². The standard InChI is InChI=1S/C52H53N6O8PS2/c1-61-41-25-21-39(22-26-41)52(38-19-11-6-12-20-38,40-23-27-42(62-2)28-24-40)64-33-43-45(66-67(57-29-13-14-30-57)69-32-31-68-51(60)37-17-9-5-10-18-37)46(63-3)50(65-43)58-35-55-44-47(53-34-54-48(44)58)56-49(59)36-15-7-4-8-16-36/h4-12,15-28,34-35,43,45-46,50H,13-14,29-33H2,1-3H3,(H,53,54,56,59)/t43-,45-,46-,50-,67?/m1/s1. The van der Waals surface area contributed by atoms with Gasteiger partial charge in [-0.15, -0.1) is 0 Å². The number of benzene rings is 5. The molecule has 14 nitrogen and oxygen atoms in total. The van der Waals surface area contributed by atoms with Gasteiger partial charge in [0.05, 0.1) is 27.2 Å². The normalized spacial score (nSPS) is 18.8. The van der Waals surface area contributed by atoms with Crippen molar-refractivity contribution in [3.8, 4) is 11.5 Å². The van der Waals surface area contributed by atoms with Crippen molar-refractivity contribution in [2.24, 2.45) is 0 Å². The number of ether oxygens (including phenoxy) is 5. The van der Waals surface area contributed by atoms with Gasteiger partial charge in [0.15, 0.2) is 30.7 Å². The number of hydrogen-bond donors (Lipinski definition) is 1. The van der Waals surface area contributed by atoms with Gasteiger partial charge in [-0.2, -0.15) is 0 Å². The van der Waals surface area contributed by atoms with E-state index in [1.54, 1.807) is 63.3 Å². The second-order valence-corrected chi connectivity index (χ2v) is 20.9. The van der Waals surface area contributed by atoms with Gasteiger partial charge in [-0.1, -0.05) is 126 Å². The Kier molecular flexibility index (Phi) is 16.0.